The molecule has 0 N–H and O–H groups in total. The Hall–Kier alpha value is -1.000. The molecular weight excluding hydrogens is 356 g/mol. The Bertz CT molecular complexity index is 641. The fourth-order valence-corrected chi connectivity index (χ4v) is 4.02. The van der Waals surface area contributed by atoms with Gasteiger partial charge in [-0.2, -0.15) is 0 Å². The summed E-state index contributed by atoms with van der Waals surface area (Å²) in [4.78, 5) is 8.80. The van der Waals surface area contributed by atoms with E-state index in [9.17, 15) is 8.42 Å². The fourth-order valence-electron chi connectivity index (χ4n) is 3.16. The monoisotopic (exact) mass is 388 g/mol. The molecule has 1 aliphatic heterocycles. The fraction of sp³-hybridized carbons (Fsp3) is 0.824. The van der Waals surface area contributed by atoms with Crippen molar-refractivity contribution in [3.63, 3.8) is 0 Å². The van der Waals surface area contributed by atoms with E-state index in [4.69, 9.17) is 9.47 Å². The van der Waals surface area contributed by atoms with Gasteiger partial charge in [-0.1, -0.05) is 0 Å². The third-order valence-electron chi connectivity index (χ3n) is 4.51. The number of imidazole rings is 1. The molecule has 0 saturated carbocycles. The van der Waals surface area contributed by atoms with Crippen LogP contribution in [-0.2, 0) is 32.4 Å². The minimum absolute atomic E-state index is 0.144. The molecule has 26 heavy (non-hydrogen) atoms. The van der Waals surface area contributed by atoms with E-state index < -0.39 is 9.84 Å². The van der Waals surface area contributed by atoms with Crippen molar-refractivity contribution in [1.82, 2.24) is 19.4 Å². The summed E-state index contributed by atoms with van der Waals surface area (Å²) in [6, 6.07) is 0. The first-order valence-corrected chi connectivity index (χ1v) is 11.0. The lowest BCUT2D eigenvalue weighted by Crippen LogP contribution is -2.37. The number of nitrogens with zero attached hydrogens (tertiary/aromatic N) is 4. The Labute approximate surface area is 157 Å². The van der Waals surface area contributed by atoms with Crippen molar-refractivity contribution in [2.24, 2.45) is 0 Å². The molecule has 0 atom stereocenters. The van der Waals surface area contributed by atoms with Gasteiger partial charge in [0.2, 0.25) is 15.0 Å². The first-order valence-electron chi connectivity index (χ1n) is 9.14. The highest BCUT2D eigenvalue weighted by molar-refractivity contribution is 7.90. The first-order chi connectivity index (χ1) is 12.4. The number of hydrogen-bond donors (Lipinski definition) is 0. The lowest BCUT2D eigenvalue weighted by molar-refractivity contribution is 0.0363. The maximum Gasteiger partial charge on any atom is 0.227 e. The lowest BCUT2D eigenvalue weighted by atomic mass is 10.3. The van der Waals surface area contributed by atoms with E-state index in [2.05, 4.69) is 21.8 Å². The number of ether oxygens (including phenoxy) is 2. The molecule has 2 heterocycles. The Morgan fingerprint density at radius 1 is 1.27 bits per heavy atom. The van der Waals surface area contributed by atoms with Gasteiger partial charge in [-0.25, -0.2) is 13.4 Å². The number of rotatable bonds is 11. The largest absolute Gasteiger partial charge is 0.385 e. The maximum atomic E-state index is 12.0. The highest BCUT2D eigenvalue weighted by Crippen LogP contribution is 2.14. The average molecular weight is 389 g/mol. The van der Waals surface area contributed by atoms with Crippen molar-refractivity contribution in [3.8, 4) is 0 Å². The number of sulfone groups is 1. The predicted octanol–water partition coefficient (Wildman–Crippen LogP) is 0.477. The SMILES string of the molecule is COCCCn1c(CN(C)CCCN2CCOCC2)cnc1S(C)(=O)=O. The second kappa shape index (κ2) is 10.4. The molecule has 1 saturated heterocycles. The second-order valence-corrected chi connectivity index (χ2v) is 8.76. The van der Waals surface area contributed by atoms with Crippen molar-refractivity contribution in [3.05, 3.63) is 11.9 Å². The van der Waals surface area contributed by atoms with Crippen LogP contribution in [0.5, 0.6) is 0 Å². The van der Waals surface area contributed by atoms with Gasteiger partial charge in [0.05, 0.1) is 25.1 Å². The summed E-state index contributed by atoms with van der Waals surface area (Å²) in [5.74, 6) is 0. The molecule has 1 aliphatic rings. The van der Waals surface area contributed by atoms with Crippen LogP contribution >= 0.6 is 0 Å². The molecule has 0 aromatic carbocycles. The molecule has 0 amide bonds. The van der Waals surface area contributed by atoms with E-state index in [0.29, 0.717) is 19.7 Å². The van der Waals surface area contributed by atoms with Crippen molar-refractivity contribution in [2.45, 2.75) is 31.1 Å². The lowest BCUT2D eigenvalue weighted by Gasteiger charge is -2.27. The Balaban J connectivity index is 1.90. The molecule has 0 radical (unpaired) electrons. The predicted molar refractivity (Wildman–Crippen MR) is 100 cm³/mol. The van der Waals surface area contributed by atoms with Gasteiger partial charge < -0.3 is 18.9 Å². The highest BCUT2D eigenvalue weighted by Gasteiger charge is 2.19. The molecule has 1 aromatic rings. The smallest absolute Gasteiger partial charge is 0.227 e. The van der Waals surface area contributed by atoms with Gasteiger partial charge in [0.15, 0.2) is 0 Å². The molecule has 2 rings (SSSR count). The quantitative estimate of drug-likeness (QED) is 0.510. The highest BCUT2D eigenvalue weighted by atomic mass is 32.2. The van der Waals surface area contributed by atoms with Gasteiger partial charge in [0, 0.05) is 46.2 Å². The zero-order valence-electron chi connectivity index (χ0n) is 16.2. The van der Waals surface area contributed by atoms with E-state index in [0.717, 1.165) is 57.9 Å². The van der Waals surface area contributed by atoms with E-state index in [1.807, 2.05) is 4.57 Å². The van der Waals surface area contributed by atoms with Gasteiger partial charge >= 0.3 is 0 Å². The molecule has 0 spiro atoms. The van der Waals surface area contributed by atoms with Gasteiger partial charge in [-0.3, -0.25) is 4.90 Å². The van der Waals surface area contributed by atoms with Crippen molar-refractivity contribution in [1.29, 1.82) is 0 Å². The zero-order valence-corrected chi connectivity index (χ0v) is 17.0. The molecular formula is C17H32N4O4S. The van der Waals surface area contributed by atoms with E-state index in [1.165, 1.54) is 6.26 Å². The van der Waals surface area contributed by atoms with E-state index in [-0.39, 0.29) is 5.16 Å². The third-order valence-corrected chi connectivity index (χ3v) is 5.50. The number of hydrogen-bond acceptors (Lipinski definition) is 7. The minimum atomic E-state index is -3.34. The number of aromatic nitrogens is 2. The molecule has 8 nitrogen and oxygen atoms in total. The van der Waals surface area contributed by atoms with E-state index >= 15 is 0 Å². The summed E-state index contributed by atoms with van der Waals surface area (Å²) >= 11 is 0. The van der Waals surface area contributed by atoms with Gasteiger partial charge in [-0.05, 0) is 33.0 Å². The van der Waals surface area contributed by atoms with Crippen LogP contribution in [0, 0.1) is 0 Å². The molecule has 150 valence electrons. The van der Waals surface area contributed by atoms with Crippen molar-refractivity contribution in [2.75, 3.05) is 66.4 Å². The topological polar surface area (TPSA) is 76.9 Å². The minimum Gasteiger partial charge on any atom is -0.385 e. The van der Waals surface area contributed by atoms with Crippen LogP contribution < -0.4 is 0 Å². The van der Waals surface area contributed by atoms with Crippen LogP contribution in [0.1, 0.15) is 18.5 Å². The molecule has 0 bridgehead atoms. The van der Waals surface area contributed by atoms with Gasteiger partial charge in [-0.15, -0.1) is 0 Å². The van der Waals surface area contributed by atoms with Crippen molar-refractivity contribution >= 4 is 9.84 Å². The number of morpholine rings is 1. The molecule has 9 heteroatoms. The summed E-state index contributed by atoms with van der Waals surface area (Å²) in [7, 11) is 0.366. The Morgan fingerprint density at radius 2 is 2.00 bits per heavy atom. The van der Waals surface area contributed by atoms with Crippen molar-refractivity contribution < 1.29 is 17.9 Å². The molecule has 1 aromatic heterocycles. The van der Waals surface area contributed by atoms with Crippen LogP contribution in [0.3, 0.4) is 0 Å². The molecule has 0 aliphatic carbocycles. The molecule has 1 fully saturated rings. The van der Waals surface area contributed by atoms with Crippen LogP contribution in [0.4, 0.5) is 0 Å². The Morgan fingerprint density at radius 3 is 2.65 bits per heavy atom. The zero-order chi connectivity index (χ0) is 19.0. The summed E-state index contributed by atoms with van der Waals surface area (Å²) in [5, 5.41) is 0.144. The Kier molecular flexibility index (Phi) is 8.49. The normalized spacial score (nSPS) is 16.5. The molecule has 0 unspecified atom stereocenters. The first kappa shape index (κ1) is 21.3. The van der Waals surface area contributed by atoms with Gasteiger partial charge in [0.1, 0.15) is 0 Å². The summed E-state index contributed by atoms with van der Waals surface area (Å²) in [5.41, 5.74) is 0.926. The van der Waals surface area contributed by atoms with Gasteiger partial charge in [0.25, 0.3) is 0 Å². The summed E-state index contributed by atoms with van der Waals surface area (Å²) in [6.45, 7) is 7.54. The van der Waals surface area contributed by atoms with Crippen LogP contribution in [0.2, 0.25) is 0 Å². The third kappa shape index (κ3) is 6.62. The standard InChI is InChI=1S/C17H32N4O4S/c1-19(6-4-7-20-9-12-25-13-10-20)15-16-14-18-17(26(3,22)23)21(16)8-5-11-24-2/h14H,4-13,15H2,1-3H3. The average Bonchev–Trinajstić information content (AvgIpc) is 2.99. The van der Waals surface area contributed by atoms with Crippen LogP contribution in [-0.4, -0.2) is 94.2 Å². The maximum absolute atomic E-state index is 12.0. The van der Waals surface area contributed by atoms with Crippen LogP contribution in [0.15, 0.2) is 11.4 Å². The summed E-state index contributed by atoms with van der Waals surface area (Å²) in [6.07, 6.45) is 4.72. The van der Waals surface area contributed by atoms with Crippen LogP contribution in [0.25, 0.3) is 0 Å². The van der Waals surface area contributed by atoms with E-state index in [1.54, 1.807) is 13.3 Å². The number of methoxy groups -OCH3 is 1. The summed E-state index contributed by atoms with van der Waals surface area (Å²) < 4.78 is 36.2. The second-order valence-electron chi connectivity index (χ2n) is 6.85.